The first-order chi connectivity index (χ1) is 11.2. The maximum absolute atomic E-state index is 13.9. The Morgan fingerprint density at radius 3 is 2.71 bits per heavy atom. The van der Waals surface area contributed by atoms with Crippen molar-refractivity contribution < 1.29 is 23.5 Å². The number of anilines is 1. The van der Waals surface area contributed by atoms with Gasteiger partial charge in [0.25, 0.3) is 0 Å². The number of morpholine rings is 1. The molecule has 1 aliphatic heterocycles. The summed E-state index contributed by atoms with van der Waals surface area (Å²) in [6.45, 7) is 7.42. The third-order valence-electron chi connectivity index (χ3n) is 3.96. The van der Waals surface area contributed by atoms with E-state index in [1.54, 1.807) is 4.90 Å². The second-order valence-electron chi connectivity index (χ2n) is 6.76. The van der Waals surface area contributed by atoms with Crippen LogP contribution in [0.15, 0.2) is 18.2 Å². The van der Waals surface area contributed by atoms with Gasteiger partial charge in [-0.1, -0.05) is 26.8 Å². The molecule has 2 amide bonds. The molecular formula is C17H23FN2O4. The Morgan fingerprint density at radius 2 is 2.08 bits per heavy atom. The van der Waals surface area contributed by atoms with Crippen LogP contribution in [0, 0.1) is 11.2 Å². The van der Waals surface area contributed by atoms with Crippen molar-refractivity contribution in [3.63, 3.8) is 0 Å². The van der Waals surface area contributed by atoms with Gasteiger partial charge in [-0.05, 0) is 17.5 Å². The number of nitrogens with zero attached hydrogens (tertiary/aromatic N) is 1. The monoisotopic (exact) mass is 338 g/mol. The number of rotatable bonds is 2. The van der Waals surface area contributed by atoms with E-state index < -0.39 is 17.8 Å². The van der Waals surface area contributed by atoms with Crippen LogP contribution in [0.1, 0.15) is 31.1 Å². The molecule has 6 nitrogen and oxygen atoms in total. The van der Waals surface area contributed by atoms with Crippen LogP contribution in [-0.4, -0.2) is 49.8 Å². The third-order valence-corrected chi connectivity index (χ3v) is 3.96. The maximum Gasteiger partial charge on any atom is 0.342 e. The highest BCUT2D eigenvalue weighted by Gasteiger charge is 2.33. The molecule has 132 valence electrons. The molecule has 7 heteroatoms. The Balaban J connectivity index is 2.15. The Kier molecular flexibility index (Phi) is 5.43. The van der Waals surface area contributed by atoms with E-state index in [9.17, 15) is 14.0 Å². The molecule has 1 aromatic carbocycles. The largest absolute Gasteiger partial charge is 0.465 e. The van der Waals surface area contributed by atoms with Crippen molar-refractivity contribution in [2.24, 2.45) is 5.41 Å². The number of carbonyl (C=O) groups excluding carboxylic acids is 2. The number of halogens is 1. The highest BCUT2D eigenvalue weighted by molar-refractivity contribution is 6.01. The Morgan fingerprint density at radius 1 is 1.38 bits per heavy atom. The SMILES string of the molecule is COC(=O)c1c(F)cccc1NC(=O)N1CCOC(C(C)(C)C)C1. The maximum atomic E-state index is 13.9. The van der Waals surface area contributed by atoms with E-state index in [1.807, 2.05) is 20.8 Å². The summed E-state index contributed by atoms with van der Waals surface area (Å²) in [5.41, 5.74) is -0.297. The molecule has 0 aliphatic carbocycles. The fraction of sp³-hybridized carbons (Fsp3) is 0.529. The normalized spacial score (nSPS) is 18.2. The highest BCUT2D eigenvalue weighted by atomic mass is 19.1. The quantitative estimate of drug-likeness (QED) is 0.842. The number of benzene rings is 1. The van der Waals surface area contributed by atoms with Gasteiger partial charge in [0.05, 0.1) is 25.5 Å². The van der Waals surface area contributed by atoms with Gasteiger partial charge in [-0.3, -0.25) is 0 Å². The number of nitrogens with one attached hydrogen (secondary N) is 1. The Hall–Kier alpha value is -2.15. The van der Waals surface area contributed by atoms with Crippen molar-refractivity contribution in [2.45, 2.75) is 26.9 Å². The number of amides is 2. The van der Waals surface area contributed by atoms with Crippen molar-refractivity contribution in [3.8, 4) is 0 Å². The van der Waals surface area contributed by atoms with Crippen LogP contribution in [0.4, 0.5) is 14.9 Å². The summed E-state index contributed by atoms with van der Waals surface area (Å²) >= 11 is 0. The number of methoxy groups -OCH3 is 1. The summed E-state index contributed by atoms with van der Waals surface area (Å²) in [5.74, 6) is -1.58. The van der Waals surface area contributed by atoms with Crippen molar-refractivity contribution in [2.75, 3.05) is 32.1 Å². The summed E-state index contributed by atoms with van der Waals surface area (Å²) in [5, 5.41) is 2.60. The molecule has 1 atom stereocenters. The summed E-state index contributed by atoms with van der Waals surface area (Å²) in [6, 6.07) is 3.64. The van der Waals surface area contributed by atoms with E-state index in [0.717, 1.165) is 13.2 Å². The van der Waals surface area contributed by atoms with E-state index >= 15 is 0 Å². The van der Waals surface area contributed by atoms with Crippen LogP contribution in [0.2, 0.25) is 0 Å². The van der Waals surface area contributed by atoms with E-state index in [-0.39, 0.29) is 22.8 Å². The lowest BCUT2D eigenvalue weighted by atomic mass is 9.88. The number of hydrogen-bond acceptors (Lipinski definition) is 4. The van der Waals surface area contributed by atoms with Gasteiger partial charge in [-0.2, -0.15) is 0 Å². The minimum atomic E-state index is -0.835. The molecule has 1 aromatic rings. The van der Waals surface area contributed by atoms with E-state index in [0.29, 0.717) is 19.7 Å². The lowest BCUT2D eigenvalue weighted by Crippen LogP contribution is -2.51. The molecule has 0 aromatic heterocycles. The van der Waals surface area contributed by atoms with Crippen molar-refractivity contribution in [3.05, 3.63) is 29.6 Å². The van der Waals surface area contributed by atoms with Gasteiger partial charge in [-0.15, -0.1) is 0 Å². The first-order valence-electron chi connectivity index (χ1n) is 7.78. The first-order valence-corrected chi connectivity index (χ1v) is 7.78. The molecule has 0 bridgehead atoms. The molecule has 1 unspecified atom stereocenters. The van der Waals surface area contributed by atoms with Crippen LogP contribution >= 0.6 is 0 Å². The zero-order valence-electron chi connectivity index (χ0n) is 14.4. The molecule has 0 radical (unpaired) electrons. The number of ether oxygens (including phenoxy) is 2. The minimum absolute atomic E-state index is 0.0886. The van der Waals surface area contributed by atoms with Gasteiger partial charge in [-0.25, -0.2) is 14.0 Å². The predicted molar refractivity (Wildman–Crippen MR) is 87.5 cm³/mol. The first kappa shape index (κ1) is 18.2. The predicted octanol–water partition coefficient (Wildman–Crippen LogP) is 2.89. The summed E-state index contributed by atoms with van der Waals surface area (Å²) in [4.78, 5) is 25.9. The molecule has 1 N–H and O–H groups in total. The molecular weight excluding hydrogens is 315 g/mol. The number of esters is 1. The summed E-state index contributed by atoms with van der Waals surface area (Å²) in [6.07, 6.45) is -0.0930. The smallest absolute Gasteiger partial charge is 0.342 e. The lowest BCUT2D eigenvalue weighted by Gasteiger charge is -2.39. The highest BCUT2D eigenvalue weighted by Crippen LogP contribution is 2.26. The van der Waals surface area contributed by atoms with Crippen LogP contribution in [0.25, 0.3) is 0 Å². The van der Waals surface area contributed by atoms with Gasteiger partial charge < -0.3 is 19.7 Å². The molecule has 1 heterocycles. The molecule has 24 heavy (non-hydrogen) atoms. The van der Waals surface area contributed by atoms with Gasteiger partial charge >= 0.3 is 12.0 Å². The van der Waals surface area contributed by atoms with Gasteiger partial charge in [0, 0.05) is 13.1 Å². The lowest BCUT2D eigenvalue weighted by molar-refractivity contribution is -0.0664. The zero-order chi connectivity index (χ0) is 17.9. The van der Waals surface area contributed by atoms with Gasteiger partial charge in [0.2, 0.25) is 0 Å². The molecule has 1 fully saturated rings. The third kappa shape index (κ3) is 4.03. The number of hydrogen-bond donors (Lipinski definition) is 1. The summed E-state index contributed by atoms with van der Waals surface area (Å²) < 4.78 is 24.2. The Bertz CT molecular complexity index is 628. The number of urea groups is 1. The standard InChI is InChI=1S/C17H23FN2O4/c1-17(2,3)13-10-20(8-9-24-13)16(22)19-12-7-5-6-11(18)14(12)15(21)23-4/h5-7,13H,8-10H2,1-4H3,(H,19,22). The molecule has 0 saturated carbocycles. The fourth-order valence-electron chi connectivity index (χ4n) is 2.49. The minimum Gasteiger partial charge on any atom is -0.465 e. The molecule has 0 spiro atoms. The van der Waals surface area contributed by atoms with Crippen molar-refractivity contribution >= 4 is 17.7 Å². The van der Waals surface area contributed by atoms with Gasteiger partial charge in [0.1, 0.15) is 11.4 Å². The topological polar surface area (TPSA) is 67.9 Å². The molecule has 1 saturated heterocycles. The van der Waals surface area contributed by atoms with Crippen molar-refractivity contribution in [1.29, 1.82) is 0 Å². The van der Waals surface area contributed by atoms with Crippen LogP contribution < -0.4 is 5.32 Å². The fourth-order valence-corrected chi connectivity index (χ4v) is 2.49. The Labute approximate surface area is 140 Å². The average molecular weight is 338 g/mol. The number of carbonyl (C=O) groups is 2. The van der Waals surface area contributed by atoms with Crippen molar-refractivity contribution in [1.82, 2.24) is 4.90 Å². The van der Waals surface area contributed by atoms with E-state index in [4.69, 9.17) is 4.74 Å². The van der Waals surface area contributed by atoms with E-state index in [1.165, 1.54) is 12.1 Å². The zero-order valence-corrected chi connectivity index (χ0v) is 14.4. The van der Waals surface area contributed by atoms with Crippen LogP contribution in [0.5, 0.6) is 0 Å². The van der Waals surface area contributed by atoms with Gasteiger partial charge in [0.15, 0.2) is 0 Å². The average Bonchev–Trinajstić information content (AvgIpc) is 2.53. The summed E-state index contributed by atoms with van der Waals surface area (Å²) in [7, 11) is 1.16. The van der Waals surface area contributed by atoms with Crippen LogP contribution in [-0.2, 0) is 9.47 Å². The molecule has 2 rings (SSSR count). The molecule has 1 aliphatic rings. The van der Waals surface area contributed by atoms with Crippen LogP contribution in [0.3, 0.4) is 0 Å². The van der Waals surface area contributed by atoms with E-state index in [2.05, 4.69) is 10.1 Å². The second-order valence-corrected chi connectivity index (χ2v) is 6.76. The second kappa shape index (κ2) is 7.17.